The maximum absolute atomic E-state index is 13.0. The van der Waals surface area contributed by atoms with Gasteiger partial charge >= 0.3 is 5.97 Å². The van der Waals surface area contributed by atoms with E-state index in [9.17, 15) is 4.79 Å². The van der Waals surface area contributed by atoms with Gasteiger partial charge in [-0.15, -0.1) is 11.3 Å². The van der Waals surface area contributed by atoms with Crippen LogP contribution in [0.3, 0.4) is 0 Å². The van der Waals surface area contributed by atoms with Crippen LogP contribution in [-0.4, -0.2) is 54.2 Å². The van der Waals surface area contributed by atoms with Gasteiger partial charge in [-0.05, 0) is 70.0 Å². The fourth-order valence-electron chi connectivity index (χ4n) is 5.05. The molecule has 5 heterocycles. The van der Waals surface area contributed by atoms with E-state index in [1.807, 2.05) is 31.3 Å². The number of hydrogen-bond donors (Lipinski definition) is 1. The zero-order chi connectivity index (χ0) is 23.1. The highest BCUT2D eigenvalue weighted by Crippen LogP contribution is 2.37. The van der Waals surface area contributed by atoms with Gasteiger partial charge in [0.15, 0.2) is 0 Å². The monoisotopic (exact) mass is 467 g/mol. The molecule has 0 amide bonds. The number of nitrogens with zero attached hydrogens (tertiary/aromatic N) is 2. The average Bonchev–Trinajstić information content (AvgIpc) is 3.42. The summed E-state index contributed by atoms with van der Waals surface area (Å²) in [5.74, 6) is -0.249. The second-order valence-corrected chi connectivity index (χ2v) is 10.5. The van der Waals surface area contributed by atoms with Crippen molar-refractivity contribution in [2.45, 2.75) is 52.8 Å². The number of nitrogens with one attached hydrogen (secondary N) is 1. The van der Waals surface area contributed by atoms with Crippen molar-refractivity contribution in [3.05, 3.63) is 51.7 Å². The number of thiophene rings is 1. The second kappa shape index (κ2) is 9.22. The first-order valence-corrected chi connectivity index (χ1v) is 12.7. The summed E-state index contributed by atoms with van der Waals surface area (Å²) in [6, 6.07) is 6.71. The zero-order valence-corrected chi connectivity index (χ0v) is 20.8. The Bertz CT molecular complexity index is 1150. The van der Waals surface area contributed by atoms with Crippen LogP contribution in [0.4, 0.5) is 0 Å². The smallest absolute Gasteiger partial charge is 0.338 e. The minimum atomic E-state index is -0.249. The summed E-state index contributed by atoms with van der Waals surface area (Å²) in [6.07, 6.45) is 3.18. The maximum Gasteiger partial charge on any atom is 0.338 e. The van der Waals surface area contributed by atoms with Gasteiger partial charge in [-0.3, -0.25) is 4.90 Å². The molecule has 1 N–H and O–H groups in total. The number of ether oxygens (including phenoxy) is 2. The Morgan fingerprint density at radius 2 is 1.97 bits per heavy atom. The maximum atomic E-state index is 13.0. The van der Waals surface area contributed by atoms with Gasteiger partial charge in [-0.2, -0.15) is 0 Å². The molecular formula is C26H33N3O3S. The van der Waals surface area contributed by atoms with E-state index in [1.54, 1.807) is 0 Å². The van der Waals surface area contributed by atoms with E-state index in [4.69, 9.17) is 9.47 Å². The fourth-order valence-corrected chi connectivity index (χ4v) is 6.21. The lowest BCUT2D eigenvalue weighted by Crippen LogP contribution is -2.39. The molecule has 176 valence electrons. The molecule has 1 saturated heterocycles. The Balaban J connectivity index is 1.63. The minimum Gasteiger partial charge on any atom is -0.459 e. The Kier molecular flexibility index (Phi) is 6.31. The van der Waals surface area contributed by atoms with Gasteiger partial charge in [-0.25, -0.2) is 4.79 Å². The summed E-state index contributed by atoms with van der Waals surface area (Å²) >= 11 is 1.87. The lowest BCUT2D eigenvalue weighted by molar-refractivity contribution is 0.0186. The normalized spacial score (nSPS) is 18.0. The molecule has 3 aromatic heterocycles. The van der Waals surface area contributed by atoms with E-state index in [2.05, 4.69) is 46.8 Å². The van der Waals surface area contributed by atoms with Crippen LogP contribution in [0.5, 0.6) is 0 Å². The highest BCUT2D eigenvalue weighted by atomic mass is 32.1. The van der Waals surface area contributed by atoms with Crippen molar-refractivity contribution in [2.75, 3.05) is 32.8 Å². The zero-order valence-electron chi connectivity index (χ0n) is 19.9. The first kappa shape index (κ1) is 22.6. The minimum absolute atomic E-state index is 0.151. The largest absolute Gasteiger partial charge is 0.459 e. The first-order chi connectivity index (χ1) is 15.9. The standard InChI is InChI=1S/C26H33N3O3S/c1-16(2)32-26(30)22-13-21-11-20(23-12-19-5-6-27-14-24(19)33-23)15-29(21)25(17(22)3)18(4)28-7-9-31-10-8-28/h11-13,15-16,18,27H,5-10,14H2,1-4H3. The molecule has 0 aromatic carbocycles. The van der Waals surface area contributed by atoms with Crippen molar-refractivity contribution in [3.63, 3.8) is 0 Å². The summed E-state index contributed by atoms with van der Waals surface area (Å²) < 4.78 is 13.5. The molecule has 7 heteroatoms. The van der Waals surface area contributed by atoms with Crippen molar-refractivity contribution in [3.8, 4) is 10.4 Å². The number of hydrogen-bond acceptors (Lipinski definition) is 6. The molecule has 3 aromatic rings. The van der Waals surface area contributed by atoms with Crippen molar-refractivity contribution >= 4 is 22.8 Å². The van der Waals surface area contributed by atoms with Crippen LogP contribution in [0.1, 0.15) is 58.9 Å². The summed E-state index contributed by atoms with van der Waals surface area (Å²) in [6.45, 7) is 13.3. The number of pyridine rings is 1. The Labute approximate surface area is 199 Å². The molecule has 0 radical (unpaired) electrons. The quantitative estimate of drug-likeness (QED) is 0.557. The number of aromatic nitrogens is 1. The van der Waals surface area contributed by atoms with E-state index >= 15 is 0 Å². The lowest BCUT2D eigenvalue weighted by Gasteiger charge is -2.34. The van der Waals surface area contributed by atoms with Gasteiger partial charge in [0, 0.05) is 58.4 Å². The molecule has 1 atom stereocenters. The molecule has 2 aliphatic heterocycles. The third kappa shape index (κ3) is 4.35. The summed E-state index contributed by atoms with van der Waals surface area (Å²) in [4.78, 5) is 18.2. The number of carbonyl (C=O) groups is 1. The third-order valence-electron chi connectivity index (χ3n) is 6.78. The molecule has 5 rings (SSSR count). The van der Waals surface area contributed by atoms with Crippen molar-refractivity contribution < 1.29 is 14.3 Å². The molecule has 0 spiro atoms. The molecule has 1 unspecified atom stereocenters. The van der Waals surface area contributed by atoms with Gasteiger partial charge in [-0.1, -0.05) is 0 Å². The Hall–Kier alpha value is -2.19. The highest BCUT2D eigenvalue weighted by molar-refractivity contribution is 7.15. The van der Waals surface area contributed by atoms with Gasteiger partial charge in [0.25, 0.3) is 0 Å². The molecule has 33 heavy (non-hydrogen) atoms. The fraction of sp³-hybridized carbons (Fsp3) is 0.500. The van der Waals surface area contributed by atoms with E-state index < -0.39 is 0 Å². The van der Waals surface area contributed by atoms with Crippen LogP contribution in [0, 0.1) is 6.92 Å². The Morgan fingerprint density at radius 1 is 1.18 bits per heavy atom. The molecule has 0 bridgehead atoms. The molecule has 1 fully saturated rings. The number of morpholine rings is 1. The van der Waals surface area contributed by atoms with Gasteiger partial charge in [0.2, 0.25) is 0 Å². The first-order valence-electron chi connectivity index (χ1n) is 11.9. The number of esters is 1. The van der Waals surface area contributed by atoms with E-state index in [0.29, 0.717) is 5.56 Å². The molecule has 2 aliphatic rings. The summed E-state index contributed by atoms with van der Waals surface area (Å²) in [7, 11) is 0. The molecule has 0 aliphatic carbocycles. The van der Waals surface area contributed by atoms with Crippen LogP contribution in [-0.2, 0) is 22.4 Å². The predicted octanol–water partition coefficient (Wildman–Crippen LogP) is 4.58. The highest BCUT2D eigenvalue weighted by Gasteiger charge is 2.26. The summed E-state index contributed by atoms with van der Waals surface area (Å²) in [5, 5.41) is 3.47. The van der Waals surface area contributed by atoms with Crippen LogP contribution >= 0.6 is 11.3 Å². The Morgan fingerprint density at radius 3 is 2.70 bits per heavy atom. The van der Waals surface area contributed by atoms with E-state index in [-0.39, 0.29) is 18.1 Å². The van der Waals surface area contributed by atoms with Gasteiger partial charge in [0.05, 0.1) is 24.9 Å². The topological polar surface area (TPSA) is 55.2 Å². The van der Waals surface area contributed by atoms with Crippen LogP contribution < -0.4 is 5.32 Å². The second-order valence-electron chi connectivity index (χ2n) is 9.36. The van der Waals surface area contributed by atoms with Crippen LogP contribution in [0.2, 0.25) is 0 Å². The lowest BCUT2D eigenvalue weighted by atomic mass is 10.0. The number of fused-ring (bicyclic) bond motifs is 2. The van der Waals surface area contributed by atoms with E-state index in [1.165, 1.54) is 20.9 Å². The van der Waals surface area contributed by atoms with Crippen LogP contribution in [0.15, 0.2) is 24.4 Å². The van der Waals surface area contributed by atoms with E-state index in [0.717, 1.165) is 62.6 Å². The van der Waals surface area contributed by atoms with Crippen molar-refractivity contribution in [1.82, 2.24) is 14.6 Å². The molecule has 6 nitrogen and oxygen atoms in total. The molecular weight excluding hydrogens is 434 g/mol. The average molecular weight is 468 g/mol. The number of carbonyl (C=O) groups excluding carboxylic acids is 1. The molecule has 0 saturated carbocycles. The summed E-state index contributed by atoms with van der Waals surface area (Å²) in [5.41, 5.74) is 6.50. The third-order valence-corrected chi connectivity index (χ3v) is 8.01. The van der Waals surface area contributed by atoms with Gasteiger partial charge < -0.3 is 19.2 Å². The number of rotatable bonds is 5. The SMILES string of the molecule is Cc1c(C(=O)OC(C)C)cc2cc(-c3cc4c(s3)CNCC4)cn2c1C(C)N1CCOCC1. The predicted molar refractivity (Wildman–Crippen MR) is 132 cm³/mol. The van der Waals surface area contributed by atoms with Crippen molar-refractivity contribution in [1.29, 1.82) is 0 Å². The van der Waals surface area contributed by atoms with Gasteiger partial charge in [0.1, 0.15) is 0 Å². The van der Waals surface area contributed by atoms with Crippen LogP contribution in [0.25, 0.3) is 16.0 Å². The van der Waals surface area contributed by atoms with Crippen molar-refractivity contribution in [2.24, 2.45) is 0 Å².